The van der Waals surface area contributed by atoms with Gasteiger partial charge in [-0.3, -0.25) is 0 Å². The van der Waals surface area contributed by atoms with Crippen LogP contribution in [-0.2, 0) is 11.0 Å². The SMILES string of the molecule is COc1c(N2C[C@@H]3[C@@H](CC(C)=O)[C@@H]3C2)nc(N2C[C@@H](O)[C@@H]2C)nc1C(F)(F)F. The van der Waals surface area contributed by atoms with Crippen molar-refractivity contribution in [2.75, 3.05) is 36.5 Å². The summed E-state index contributed by atoms with van der Waals surface area (Å²) < 4.78 is 46.0. The Morgan fingerprint density at radius 3 is 2.36 bits per heavy atom. The first-order chi connectivity index (χ1) is 13.1. The zero-order valence-corrected chi connectivity index (χ0v) is 15.9. The number of aromatic nitrogens is 2. The minimum Gasteiger partial charge on any atom is -0.491 e. The molecule has 4 rings (SSSR count). The Kier molecular flexibility index (Phi) is 4.44. The molecule has 3 fully saturated rings. The number of hydrogen-bond donors (Lipinski definition) is 1. The van der Waals surface area contributed by atoms with E-state index < -0.39 is 18.0 Å². The molecule has 2 saturated heterocycles. The summed E-state index contributed by atoms with van der Waals surface area (Å²) in [5.74, 6) is 0.738. The Labute approximate surface area is 160 Å². The van der Waals surface area contributed by atoms with Crippen LogP contribution in [0.25, 0.3) is 0 Å². The number of Topliss-reactive ketones (excluding diaryl/α,β-unsaturated/α-hetero) is 1. The molecule has 0 aromatic carbocycles. The van der Waals surface area contributed by atoms with Gasteiger partial charge in [0.1, 0.15) is 5.78 Å². The highest BCUT2D eigenvalue weighted by Crippen LogP contribution is 2.55. The van der Waals surface area contributed by atoms with Gasteiger partial charge in [0, 0.05) is 26.1 Å². The molecule has 10 heteroatoms. The lowest BCUT2D eigenvalue weighted by molar-refractivity contribution is -0.142. The molecular formula is C18H23F3N4O3. The summed E-state index contributed by atoms with van der Waals surface area (Å²) in [4.78, 5) is 22.8. The second-order valence-electron chi connectivity index (χ2n) is 7.99. The fourth-order valence-corrected chi connectivity index (χ4v) is 4.46. The van der Waals surface area contributed by atoms with Crippen LogP contribution in [0.4, 0.5) is 24.9 Å². The van der Waals surface area contributed by atoms with Crippen molar-refractivity contribution in [1.82, 2.24) is 9.97 Å². The van der Waals surface area contributed by atoms with E-state index >= 15 is 0 Å². The first-order valence-corrected chi connectivity index (χ1v) is 9.34. The second-order valence-corrected chi connectivity index (χ2v) is 7.99. The zero-order valence-electron chi connectivity index (χ0n) is 15.9. The normalized spacial score (nSPS) is 31.5. The Balaban J connectivity index is 1.66. The highest BCUT2D eigenvalue weighted by Gasteiger charge is 2.56. The van der Waals surface area contributed by atoms with Crippen LogP contribution in [0.2, 0.25) is 0 Å². The van der Waals surface area contributed by atoms with Crippen molar-refractivity contribution in [3.8, 4) is 5.75 Å². The first kappa shape index (κ1) is 19.2. The van der Waals surface area contributed by atoms with Gasteiger partial charge in [0.05, 0.1) is 19.3 Å². The van der Waals surface area contributed by atoms with Gasteiger partial charge in [-0.1, -0.05) is 0 Å². The van der Waals surface area contributed by atoms with Crippen molar-refractivity contribution >= 4 is 17.5 Å². The highest BCUT2D eigenvalue weighted by molar-refractivity contribution is 5.76. The van der Waals surface area contributed by atoms with Crippen molar-refractivity contribution in [1.29, 1.82) is 0 Å². The van der Waals surface area contributed by atoms with Crippen LogP contribution in [-0.4, -0.2) is 59.7 Å². The molecule has 0 unspecified atom stereocenters. The van der Waals surface area contributed by atoms with E-state index in [2.05, 4.69) is 9.97 Å². The smallest absolute Gasteiger partial charge is 0.437 e. The molecule has 0 radical (unpaired) electrons. The number of ketones is 1. The number of rotatable bonds is 5. The second kappa shape index (κ2) is 6.47. The molecule has 0 bridgehead atoms. The third-order valence-electron chi connectivity index (χ3n) is 6.19. The van der Waals surface area contributed by atoms with Crippen molar-refractivity contribution in [3.63, 3.8) is 0 Å². The summed E-state index contributed by atoms with van der Waals surface area (Å²) in [5.41, 5.74) is -1.11. The highest BCUT2D eigenvalue weighted by atomic mass is 19.4. The Hall–Kier alpha value is -2.10. The molecule has 0 amide bonds. The monoisotopic (exact) mass is 400 g/mol. The van der Waals surface area contributed by atoms with Gasteiger partial charge < -0.3 is 24.4 Å². The van der Waals surface area contributed by atoms with Gasteiger partial charge in [0.25, 0.3) is 0 Å². The van der Waals surface area contributed by atoms with Gasteiger partial charge in [-0.15, -0.1) is 0 Å². The van der Waals surface area contributed by atoms with E-state index in [-0.39, 0.29) is 35.9 Å². The van der Waals surface area contributed by atoms with Crippen molar-refractivity contribution < 1.29 is 27.8 Å². The summed E-state index contributed by atoms with van der Waals surface area (Å²) in [6.07, 6.45) is -4.79. The van der Waals surface area contributed by atoms with E-state index in [0.717, 1.165) is 0 Å². The topological polar surface area (TPSA) is 78.8 Å². The number of β-amino-alcohol motifs (C(OH)–C–C–N with tert-alkyl or cyclic N) is 1. The van der Waals surface area contributed by atoms with Gasteiger partial charge in [0.2, 0.25) is 5.95 Å². The maximum absolute atomic E-state index is 13.6. The number of halogens is 3. The fourth-order valence-electron chi connectivity index (χ4n) is 4.46. The molecule has 28 heavy (non-hydrogen) atoms. The number of methoxy groups -OCH3 is 1. The van der Waals surface area contributed by atoms with E-state index in [1.165, 1.54) is 7.11 Å². The standard InChI is InChI=1S/C18H23F3N4O3/c1-8(26)4-10-11-5-24(6-12(10)11)16-14(28-3)15(18(19,20)21)22-17(23-16)25-7-13(27)9(25)2/h9-13,27H,4-7H2,1-3H3/t9-,10-,11-,12+,13+/m0/s1. The molecular weight excluding hydrogens is 377 g/mol. The Morgan fingerprint density at radius 2 is 1.89 bits per heavy atom. The number of aliphatic hydroxyl groups excluding tert-OH is 1. The number of aliphatic hydroxyl groups is 1. The van der Waals surface area contributed by atoms with Crippen LogP contribution in [0.1, 0.15) is 26.0 Å². The number of ether oxygens (including phenoxy) is 1. The molecule has 7 nitrogen and oxygen atoms in total. The predicted octanol–water partition coefficient (Wildman–Crippen LogP) is 1.73. The van der Waals surface area contributed by atoms with E-state index in [4.69, 9.17) is 4.74 Å². The minimum atomic E-state index is -4.69. The summed E-state index contributed by atoms with van der Waals surface area (Å²) in [6.45, 7) is 4.56. The van der Waals surface area contributed by atoms with Gasteiger partial charge in [-0.2, -0.15) is 18.2 Å². The average molecular weight is 400 g/mol. The van der Waals surface area contributed by atoms with Gasteiger partial charge in [0.15, 0.2) is 17.3 Å². The molecule has 3 aliphatic rings. The lowest BCUT2D eigenvalue weighted by Crippen LogP contribution is -2.59. The van der Waals surface area contributed by atoms with E-state index in [9.17, 15) is 23.1 Å². The summed E-state index contributed by atoms with van der Waals surface area (Å²) in [6, 6.07) is -0.353. The Morgan fingerprint density at radius 1 is 1.25 bits per heavy atom. The van der Waals surface area contributed by atoms with Gasteiger partial charge >= 0.3 is 6.18 Å². The summed E-state index contributed by atoms with van der Waals surface area (Å²) >= 11 is 0. The molecule has 1 aromatic rings. The van der Waals surface area contributed by atoms with Crippen molar-refractivity contribution in [2.45, 2.75) is 38.6 Å². The van der Waals surface area contributed by atoms with Gasteiger partial charge in [-0.05, 0) is 31.6 Å². The van der Waals surface area contributed by atoms with Crippen LogP contribution < -0.4 is 14.5 Å². The molecule has 1 aliphatic carbocycles. The van der Waals surface area contributed by atoms with Crippen molar-refractivity contribution in [3.05, 3.63) is 5.69 Å². The number of alkyl halides is 3. The Bertz CT molecular complexity index is 791. The van der Waals surface area contributed by atoms with Crippen molar-refractivity contribution in [2.24, 2.45) is 17.8 Å². The van der Waals surface area contributed by atoms with E-state index in [0.29, 0.717) is 37.3 Å². The molecule has 2 aliphatic heterocycles. The third-order valence-corrected chi connectivity index (χ3v) is 6.19. The van der Waals surface area contributed by atoms with Gasteiger partial charge in [-0.25, -0.2) is 4.98 Å². The molecule has 0 spiro atoms. The molecule has 5 atom stereocenters. The lowest BCUT2D eigenvalue weighted by atomic mass is 10.0. The van der Waals surface area contributed by atoms with Crippen LogP contribution in [0.3, 0.4) is 0 Å². The number of fused-ring (bicyclic) bond motifs is 1. The molecule has 3 heterocycles. The zero-order chi connectivity index (χ0) is 20.4. The number of anilines is 2. The largest absolute Gasteiger partial charge is 0.491 e. The minimum absolute atomic E-state index is 0.0539. The number of nitrogens with zero attached hydrogens (tertiary/aromatic N) is 4. The first-order valence-electron chi connectivity index (χ1n) is 9.34. The molecule has 1 saturated carbocycles. The quantitative estimate of drug-likeness (QED) is 0.807. The molecule has 1 N–H and O–H groups in total. The maximum atomic E-state index is 13.6. The van der Waals surface area contributed by atoms with E-state index in [1.54, 1.807) is 23.6 Å². The lowest BCUT2D eigenvalue weighted by Gasteiger charge is -2.43. The number of carbonyl (C=O) groups is 1. The van der Waals surface area contributed by atoms with Crippen LogP contribution >= 0.6 is 0 Å². The molecule has 1 aromatic heterocycles. The van der Waals surface area contributed by atoms with E-state index in [1.807, 2.05) is 0 Å². The number of piperidine rings is 1. The average Bonchev–Trinajstić information content (AvgIpc) is 3.05. The van der Waals surface area contributed by atoms with Crippen LogP contribution in [0.5, 0.6) is 5.75 Å². The molecule has 154 valence electrons. The summed E-state index contributed by atoms with van der Waals surface area (Å²) in [7, 11) is 1.18. The maximum Gasteiger partial charge on any atom is 0.437 e. The fraction of sp³-hybridized carbons (Fsp3) is 0.722. The number of hydrogen-bond acceptors (Lipinski definition) is 7. The summed E-state index contributed by atoms with van der Waals surface area (Å²) in [5, 5.41) is 9.72. The van der Waals surface area contributed by atoms with Crippen LogP contribution in [0, 0.1) is 17.8 Å². The third kappa shape index (κ3) is 3.07. The predicted molar refractivity (Wildman–Crippen MR) is 94.4 cm³/mol. The number of carbonyl (C=O) groups excluding carboxylic acids is 1. The van der Waals surface area contributed by atoms with Crippen LogP contribution in [0.15, 0.2) is 0 Å².